The highest BCUT2D eigenvalue weighted by Gasteiger charge is 2.31. The molecule has 3 rings (SSSR count). The van der Waals surface area contributed by atoms with Crippen molar-refractivity contribution in [3.63, 3.8) is 0 Å². The van der Waals surface area contributed by atoms with Crippen LogP contribution in [0.25, 0.3) is 5.57 Å². The lowest BCUT2D eigenvalue weighted by Gasteiger charge is -2.43. The zero-order chi connectivity index (χ0) is 19.8. The summed E-state index contributed by atoms with van der Waals surface area (Å²) in [6, 6.07) is 10.7. The molecule has 27 heavy (non-hydrogen) atoms. The lowest BCUT2D eigenvalue weighted by molar-refractivity contribution is 0.413. The van der Waals surface area contributed by atoms with Gasteiger partial charge in [-0.25, -0.2) is 0 Å². The molecule has 1 aliphatic heterocycles. The van der Waals surface area contributed by atoms with Gasteiger partial charge in [0.25, 0.3) is 0 Å². The lowest BCUT2D eigenvalue weighted by atomic mass is 9.88. The van der Waals surface area contributed by atoms with Crippen LogP contribution in [-0.2, 0) is 0 Å². The molecule has 1 aliphatic rings. The molecule has 0 unspecified atom stereocenters. The minimum absolute atomic E-state index is 0.00880. The van der Waals surface area contributed by atoms with Crippen LogP contribution < -0.4 is 9.64 Å². The highest BCUT2D eigenvalue weighted by molar-refractivity contribution is 5.92. The summed E-state index contributed by atoms with van der Waals surface area (Å²) in [5.74, 6) is 0.853. The Morgan fingerprint density at radius 2 is 1.85 bits per heavy atom. The molecule has 0 aliphatic carbocycles. The van der Waals surface area contributed by atoms with Crippen molar-refractivity contribution in [1.82, 2.24) is 0 Å². The first-order valence-electron chi connectivity index (χ1n) is 9.57. The van der Waals surface area contributed by atoms with Gasteiger partial charge in [-0.05, 0) is 70.4 Å². The molecular weight excluding hydrogens is 332 g/mol. The van der Waals surface area contributed by atoms with Crippen molar-refractivity contribution in [2.24, 2.45) is 4.99 Å². The molecule has 0 fully saturated rings. The van der Waals surface area contributed by atoms with E-state index in [-0.39, 0.29) is 5.54 Å². The number of likely N-dealkylation sites (N-methyl/N-ethyl adjacent to an activating group) is 1. The van der Waals surface area contributed by atoms with Gasteiger partial charge in [-0.1, -0.05) is 18.2 Å². The molecule has 0 aromatic heterocycles. The van der Waals surface area contributed by atoms with E-state index in [4.69, 9.17) is 9.73 Å². The van der Waals surface area contributed by atoms with Crippen LogP contribution in [0, 0.1) is 13.8 Å². The fraction of sp³-hybridized carbons (Fsp3) is 0.375. The van der Waals surface area contributed by atoms with E-state index in [1.807, 2.05) is 6.21 Å². The van der Waals surface area contributed by atoms with Gasteiger partial charge in [-0.2, -0.15) is 0 Å². The highest BCUT2D eigenvalue weighted by Crippen LogP contribution is 2.41. The minimum atomic E-state index is -0.00880. The number of methoxy groups -OCH3 is 1. The van der Waals surface area contributed by atoms with E-state index in [2.05, 4.69) is 82.9 Å². The quantitative estimate of drug-likeness (QED) is 0.615. The van der Waals surface area contributed by atoms with E-state index < -0.39 is 0 Å². The van der Waals surface area contributed by atoms with Gasteiger partial charge < -0.3 is 9.64 Å². The molecule has 3 nitrogen and oxygen atoms in total. The number of aliphatic imine (C=N–C) groups is 1. The number of rotatable bonds is 4. The molecule has 0 radical (unpaired) electrons. The van der Waals surface area contributed by atoms with Crippen molar-refractivity contribution < 1.29 is 4.74 Å². The molecule has 2 aromatic carbocycles. The monoisotopic (exact) mass is 362 g/mol. The number of nitrogens with zero attached hydrogens (tertiary/aromatic N) is 2. The van der Waals surface area contributed by atoms with Gasteiger partial charge in [0.05, 0.1) is 18.3 Å². The molecular formula is C24H30N2O. The van der Waals surface area contributed by atoms with Crippen molar-refractivity contribution in [3.05, 3.63) is 58.7 Å². The van der Waals surface area contributed by atoms with E-state index in [9.17, 15) is 0 Å². The average Bonchev–Trinajstić information content (AvgIpc) is 2.61. The molecule has 0 spiro atoms. The Kier molecular flexibility index (Phi) is 5.14. The normalized spacial score (nSPS) is 15.7. The van der Waals surface area contributed by atoms with E-state index in [1.54, 1.807) is 7.11 Å². The molecule has 1 heterocycles. The van der Waals surface area contributed by atoms with Crippen molar-refractivity contribution >= 4 is 23.2 Å². The van der Waals surface area contributed by atoms with Gasteiger partial charge >= 0.3 is 0 Å². The fourth-order valence-electron chi connectivity index (χ4n) is 3.97. The standard InChI is InChI=1S/C24H30N2O/c1-8-26-22-13-23(27-7)19(12-20(22)18(4)14-24(26,5)6)15-25-21-11-16(2)9-10-17(21)3/h9-15H,8H2,1-7H3. The smallest absolute Gasteiger partial charge is 0.129 e. The average molecular weight is 363 g/mol. The Hall–Kier alpha value is -2.55. The summed E-state index contributed by atoms with van der Waals surface area (Å²) in [4.78, 5) is 7.17. The van der Waals surface area contributed by atoms with Gasteiger partial charge in [0, 0.05) is 35.6 Å². The first-order chi connectivity index (χ1) is 12.8. The van der Waals surface area contributed by atoms with Gasteiger partial charge in [0.1, 0.15) is 5.75 Å². The van der Waals surface area contributed by atoms with Gasteiger partial charge in [0.15, 0.2) is 0 Å². The number of hydrogen-bond acceptors (Lipinski definition) is 3. The Balaban J connectivity index is 2.10. The topological polar surface area (TPSA) is 24.8 Å². The third-order valence-corrected chi connectivity index (χ3v) is 5.35. The van der Waals surface area contributed by atoms with E-state index in [0.717, 1.165) is 23.5 Å². The van der Waals surface area contributed by atoms with Crippen LogP contribution in [-0.4, -0.2) is 25.4 Å². The zero-order valence-corrected chi connectivity index (χ0v) is 17.6. The predicted octanol–water partition coefficient (Wildman–Crippen LogP) is 6.08. The molecule has 2 aromatic rings. The minimum Gasteiger partial charge on any atom is -0.496 e. The number of ether oxygens (including phenoxy) is 1. The molecule has 0 saturated heterocycles. The van der Waals surface area contributed by atoms with Crippen LogP contribution in [0.3, 0.4) is 0 Å². The van der Waals surface area contributed by atoms with Crippen molar-refractivity contribution in [1.29, 1.82) is 0 Å². The van der Waals surface area contributed by atoms with E-state index in [0.29, 0.717) is 0 Å². The fourth-order valence-corrected chi connectivity index (χ4v) is 3.97. The molecule has 0 saturated carbocycles. The van der Waals surface area contributed by atoms with Crippen molar-refractivity contribution in [2.45, 2.75) is 47.1 Å². The maximum Gasteiger partial charge on any atom is 0.129 e. The molecule has 0 bridgehead atoms. The van der Waals surface area contributed by atoms with E-state index >= 15 is 0 Å². The second-order valence-electron chi connectivity index (χ2n) is 7.88. The Bertz CT molecular complexity index is 922. The first kappa shape index (κ1) is 19.2. The summed E-state index contributed by atoms with van der Waals surface area (Å²) in [5.41, 5.74) is 8.14. The van der Waals surface area contributed by atoms with Gasteiger partial charge in [0.2, 0.25) is 0 Å². The summed E-state index contributed by atoms with van der Waals surface area (Å²) in [5, 5.41) is 0. The summed E-state index contributed by atoms with van der Waals surface area (Å²) < 4.78 is 5.71. The summed E-state index contributed by atoms with van der Waals surface area (Å²) >= 11 is 0. The van der Waals surface area contributed by atoms with Crippen LogP contribution >= 0.6 is 0 Å². The van der Waals surface area contributed by atoms with Crippen LogP contribution in [0.15, 0.2) is 41.4 Å². The molecule has 0 N–H and O–H groups in total. The zero-order valence-electron chi connectivity index (χ0n) is 17.6. The predicted molar refractivity (Wildman–Crippen MR) is 117 cm³/mol. The number of allylic oxidation sites excluding steroid dienone is 1. The Morgan fingerprint density at radius 3 is 2.52 bits per heavy atom. The second kappa shape index (κ2) is 7.22. The second-order valence-corrected chi connectivity index (χ2v) is 7.88. The van der Waals surface area contributed by atoms with Crippen LogP contribution in [0.2, 0.25) is 0 Å². The summed E-state index contributed by atoms with van der Waals surface area (Å²) in [7, 11) is 1.73. The van der Waals surface area contributed by atoms with Crippen LogP contribution in [0.5, 0.6) is 5.75 Å². The molecule has 3 heteroatoms. The Morgan fingerprint density at radius 1 is 1.11 bits per heavy atom. The van der Waals surface area contributed by atoms with Crippen molar-refractivity contribution in [3.8, 4) is 5.75 Å². The highest BCUT2D eigenvalue weighted by atomic mass is 16.5. The third kappa shape index (κ3) is 3.64. The molecule has 0 amide bonds. The first-order valence-corrected chi connectivity index (χ1v) is 9.57. The van der Waals surface area contributed by atoms with Gasteiger partial charge in [-0.15, -0.1) is 0 Å². The van der Waals surface area contributed by atoms with Crippen LogP contribution in [0.1, 0.15) is 49.9 Å². The number of hydrogen-bond donors (Lipinski definition) is 0. The largest absolute Gasteiger partial charge is 0.496 e. The number of aryl methyl sites for hydroxylation is 2. The molecule has 0 atom stereocenters. The Labute approximate surface area is 163 Å². The van der Waals surface area contributed by atoms with Gasteiger partial charge in [-0.3, -0.25) is 4.99 Å². The SMILES string of the molecule is CCN1c2cc(OC)c(C=Nc3cc(C)ccc3C)cc2C(C)=CC1(C)C. The number of anilines is 1. The van der Waals surface area contributed by atoms with E-state index in [1.165, 1.54) is 28.0 Å². The molecule has 142 valence electrons. The number of fused-ring (bicyclic) bond motifs is 1. The maximum atomic E-state index is 5.71. The maximum absolute atomic E-state index is 5.71. The lowest BCUT2D eigenvalue weighted by Crippen LogP contribution is -2.44. The summed E-state index contributed by atoms with van der Waals surface area (Å²) in [6.07, 6.45) is 4.27. The summed E-state index contributed by atoms with van der Waals surface area (Å²) in [6.45, 7) is 14.0. The third-order valence-electron chi connectivity index (χ3n) is 5.35. The number of benzene rings is 2. The van der Waals surface area contributed by atoms with Crippen LogP contribution in [0.4, 0.5) is 11.4 Å². The van der Waals surface area contributed by atoms with Crippen molar-refractivity contribution in [2.75, 3.05) is 18.6 Å².